The van der Waals surface area contributed by atoms with E-state index in [9.17, 15) is 4.79 Å². The summed E-state index contributed by atoms with van der Waals surface area (Å²) >= 11 is 0. The average molecular weight is 236 g/mol. The Bertz CT molecular complexity index is 374. The first-order chi connectivity index (χ1) is 7.84. The number of carbonyl (C=O) groups is 1. The molecule has 0 fully saturated rings. The number of hydrogen-bond donors (Lipinski definition) is 0. The maximum Gasteiger partial charge on any atom is 0.138 e. The van der Waals surface area contributed by atoms with Gasteiger partial charge in [0.05, 0.1) is 5.69 Å². The third-order valence-electron chi connectivity index (χ3n) is 3.15. The first-order valence-corrected chi connectivity index (χ1v) is 6.42. The molecule has 0 spiro atoms. The molecule has 3 heteroatoms. The molecule has 0 aliphatic heterocycles. The van der Waals surface area contributed by atoms with Gasteiger partial charge in [-0.3, -0.25) is 9.48 Å². The van der Waals surface area contributed by atoms with Crippen LogP contribution >= 0.6 is 0 Å². The molecular weight excluding hydrogens is 212 g/mol. The first-order valence-electron chi connectivity index (χ1n) is 6.42. The Morgan fingerprint density at radius 3 is 2.65 bits per heavy atom. The van der Waals surface area contributed by atoms with Crippen molar-refractivity contribution >= 4 is 5.78 Å². The van der Waals surface area contributed by atoms with Crippen LogP contribution in [0.25, 0.3) is 0 Å². The summed E-state index contributed by atoms with van der Waals surface area (Å²) in [7, 11) is 0. The van der Waals surface area contributed by atoms with Crippen molar-refractivity contribution in [3.63, 3.8) is 0 Å². The summed E-state index contributed by atoms with van der Waals surface area (Å²) in [5.41, 5.74) is 0.780. The lowest BCUT2D eigenvalue weighted by molar-refractivity contribution is -0.126. The maximum atomic E-state index is 11.8. The highest BCUT2D eigenvalue weighted by molar-refractivity contribution is 5.83. The molecule has 1 aromatic heterocycles. The fraction of sp³-hybridized carbons (Fsp3) is 0.714. The monoisotopic (exact) mass is 236 g/mol. The lowest BCUT2D eigenvalue weighted by atomic mass is 9.88. The molecule has 17 heavy (non-hydrogen) atoms. The minimum absolute atomic E-state index is 0.237. The standard InChI is InChI=1S/C14H24N2O/c1-6-11(2)16-10-9-12(15-16)7-8-13(17)14(3,4)5/h9-11H,6-8H2,1-5H3. The van der Waals surface area contributed by atoms with Crippen LogP contribution < -0.4 is 0 Å². The molecule has 96 valence electrons. The van der Waals surface area contributed by atoms with E-state index in [0.29, 0.717) is 18.2 Å². The van der Waals surface area contributed by atoms with Gasteiger partial charge in [-0.2, -0.15) is 5.10 Å². The Balaban J connectivity index is 2.53. The van der Waals surface area contributed by atoms with E-state index in [1.54, 1.807) is 0 Å². The molecule has 1 atom stereocenters. The molecule has 1 unspecified atom stereocenters. The second kappa shape index (κ2) is 5.48. The Morgan fingerprint density at radius 1 is 1.47 bits per heavy atom. The fourth-order valence-corrected chi connectivity index (χ4v) is 1.56. The number of ketones is 1. The van der Waals surface area contributed by atoms with Gasteiger partial charge in [0, 0.05) is 24.1 Å². The third-order valence-corrected chi connectivity index (χ3v) is 3.15. The second-order valence-corrected chi connectivity index (χ2v) is 5.72. The summed E-state index contributed by atoms with van der Waals surface area (Å²) in [5.74, 6) is 0.301. The van der Waals surface area contributed by atoms with Gasteiger partial charge in [-0.05, 0) is 25.8 Å². The van der Waals surface area contributed by atoms with E-state index >= 15 is 0 Å². The molecule has 3 nitrogen and oxygen atoms in total. The highest BCUT2D eigenvalue weighted by Crippen LogP contribution is 2.18. The quantitative estimate of drug-likeness (QED) is 0.785. The summed E-state index contributed by atoms with van der Waals surface area (Å²) in [5, 5.41) is 4.50. The van der Waals surface area contributed by atoms with Crippen molar-refractivity contribution in [1.29, 1.82) is 0 Å². The Labute approximate surface area is 104 Å². The zero-order valence-corrected chi connectivity index (χ0v) is 11.7. The number of aromatic nitrogens is 2. The molecule has 0 bridgehead atoms. The van der Waals surface area contributed by atoms with Gasteiger partial charge in [0.25, 0.3) is 0 Å². The summed E-state index contributed by atoms with van der Waals surface area (Å²) in [6.07, 6.45) is 4.41. The van der Waals surface area contributed by atoms with E-state index in [1.807, 2.05) is 37.7 Å². The lowest BCUT2D eigenvalue weighted by Gasteiger charge is -2.15. The van der Waals surface area contributed by atoms with Crippen molar-refractivity contribution in [1.82, 2.24) is 9.78 Å². The summed E-state index contributed by atoms with van der Waals surface area (Å²) < 4.78 is 1.98. The molecular formula is C14H24N2O. The largest absolute Gasteiger partial charge is 0.299 e. The van der Waals surface area contributed by atoms with Gasteiger partial charge in [0.2, 0.25) is 0 Å². The van der Waals surface area contributed by atoms with Crippen LogP contribution in [0.4, 0.5) is 0 Å². The Morgan fingerprint density at radius 2 is 2.12 bits per heavy atom. The van der Waals surface area contributed by atoms with Crippen molar-refractivity contribution in [2.45, 2.75) is 59.9 Å². The highest BCUT2D eigenvalue weighted by atomic mass is 16.1. The molecule has 0 aliphatic rings. The van der Waals surface area contributed by atoms with Crippen molar-refractivity contribution < 1.29 is 4.79 Å². The predicted molar refractivity (Wildman–Crippen MR) is 70.0 cm³/mol. The van der Waals surface area contributed by atoms with Gasteiger partial charge in [-0.25, -0.2) is 0 Å². The molecule has 0 amide bonds. The average Bonchev–Trinajstić information content (AvgIpc) is 2.72. The van der Waals surface area contributed by atoms with Crippen LogP contribution in [0, 0.1) is 5.41 Å². The van der Waals surface area contributed by atoms with Crippen LogP contribution in [-0.4, -0.2) is 15.6 Å². The predicted octanol–water partition coefficient (Wildman–Crippen LogP) is 3.40. The number of aryl methyl sites for hydroxylation is 1. The normalized spacial score (nSPS) is 13.7. The minimum Gasteiger partial charge on any atom is -0.299 e. The number of rotatable bonds is 5. The first kappa shape index (κ1) is 13.9. The molecule has 1 heterocycles. The zero-order valence-electron chi connectivity index (χ0n) is 11.7. The van der Waals surface area contributed by atoms with Crippen molar-refractivity contribution in [2.24, 2.45) is 5.41 Å². The Hall–Kier alpha value is -1.12. The molecule has 0 saturated heterocycles. The SMILES string of the molecule is CCC(C)n1ccc(CCC(=O)C(C)(C)C)n1. The topological polar surface area (TPSA) is 34.9 Å². The number of Topliss-reactive ketones (excluding diaryl/α,β-unsaturated/α-hetero) is 1. The second-order valence-electron chi connectivity index (χ2n) is 5.72. The van der Waals surface area contributed by atoms with Crippen molar-refractivity contribution in [3.8, 4) is 0 Å². The van der Waals surface area contributed by atoms with E-state index in [1.165, 1.54) is 0 Å². The third kappa shape index (κ3) is 3.99. The van der Waals surface area contributed by atoms with Gasteiger partial charge in [-0.15, -0.1) is 0 Å². The number of hydrogen-bond acceptors (Lipinski definition) is 2. The van der Waals surface area contributed by atoms with E-state index in [0.717, 1.165) is 18.5 Å². The number of carbonyl (C=O) groups excluding carboxylic acids is 1. The number of nitrogens with zero attached hydrogens (tertiary/aromatic N) is 2. The molecule has 1 rings (SSSR count). The summed E-state index contributed by atoms with van der Waals surface area (Å²) in [6.45, 7) is 10.2. The van der Waals surface area contributed by atoms with Crippen LogP contribution in [0.1, 0.15) is 59.2 Å². The van der Waals surface area contributed by atoms with Gasteiger partial charge in [-0.1, -0.05) is 27.7 Å². The highest BCUT2D eigenvalue weighted by Gasteiger charge is 2.20. The van der Waals surface area contributed by atoms with E-state index in [-0.39, 0.29) is 5.41 Å². The van der Waals surface area contributed by atoms with Gasteiger partial charge < -0.3 is 0 Å². The van der Waals surface area contributed by atoms with Crippen LogP contribution in [0.3, 0.4) is 0 Å². The zero-order chi connectivity index (χ0) is 13.1. The van der Waals surface area contributed by atoms with Crippen molar-refractivity contribution in [3.05, 3.63) is 18.0 Å². The maximum absolute atomic E-state index is 11.8. The van der Waals surface area contributed by atoms with E-state index in [4.69, 9.17) is 0 Å². The van der Waals surface area contributed by atoms with Crippen LogP contribution in [0.2, 0.25) is 0 Å². The minimum atomic E-state index is -0.237. The molecule has 0 aliphatic carbocycles. The van der Waals surface area contributed by atoms with Gasteiger partial charge in [0.1, 0.15) is 5.78 Å². The van der Waals surface area contributed by atoms with Crippen LogP contribution in [0.5, 0.6) is 0 Å². The summed E-state index contributed by atoms with van der Waals surface area (Å²) in [6, 6.07) is 2.45. The molecule has 0 saturated carbocycles. The molecule has 0 aromatic carbocycles. The summed E-state index contributed by atoms with van der Waals surface area (Å²) in [4.78, 5) is 11.8. The van der Waals surface area contributed by atoms with Crippen LogP contribution in [-0.2, 0) is 11.2 Å². The fourth-order valence-electron chi connectivity index (χ4n) is 1.56. The smallest absolute Gasteiger partial charge is 0.138 e. The molecule has 0 radical (unpaired) electrons. The molecule has 0 N–H and O–H groups in total. The van der Waals surface area contributed by atoms with Gasteiger partial charge in [0.15, 0.2) is 0 Å². The van der Waals surface area contributed by atoms with Crippen LogP contribution in [0.15, 0.2) is 12.3 Å². The van der Waals surface area contributed by atoms with E-state index < -0.39 is 0 Å². The molecule has 1 aromatic rings. The van der Waals surface area contributed by atoms with E-state index in [2.05, 4.69) is 18.9 Å². The van der Waals surface area contributed by atoms with Gasteiger partial charge >= 0.3 is 0 Å². The Kier molecular flexibility index (Phi) is 4.49. The van der Waals surface area contributed by atoms with Crippen molar-refractivity contribution in [2.75, 3.05) is 0 Å². The lowest BCUT2D eigenvalue weighted by Crippen LogP contribution is -2.20.